The lowest BCUT2D eigenvalue weighted by atomic mass is 10.2. The molecule has 0 spiro atoms. The van der Waals surface area contributed by atoms with Gasteiger partial charge in [0.1, 0.15) is 6.54 Å². The van der Waals surface area contributed by atoms with Crippen LogP contribution in [0.1, 0.15) is 17.3 Å². The lowest BCUT2D eigenvalue weighted by Gasteiger charge is -2.05. The molecule has 0 fully saturated rings. The molecule has 94 valence electrons. The van der Waals surface area contributed by atoms with Crippen molar-refractivity contribution in [1.82, 2.24) is 4.57 Å². The molecule has 0 amide bonds. The maximum Gasteiger partial charge on any atom is 0.335 e. The molecule has 1 heterocycles. The van der Waals surface area contributed by atoms with Crippen LogP contribution in [-0.2, 0) is 16.1 Å². The number of esters is 1. The van der Waals surface area contributed by atoms with Crippen LogP contribution in [0.25, 0.3) is 10.9 Å². The molecule has 1 aromatic carbocycles. The molecule has 0 aliphatic carbocycles. The summed E-state index contributed by atoms with van der Waals surface area (Å²) in [7, 11) is 0. The number of carboxylic acid groups (broad SMARTS) is 1. The highest BCUT2D eigenvalue weighted by Gasteiger charge is 2.09. The van der Waals surface area contributed by atoms with E-state index in [-0.39, 0.29) is 18.1 Å². The standard InChI is InChI=1S/C13H13NO4/c1-2-18-12(15)8-14-6-5-9-3-4-10(13(16)17)7-11(9)14/h3-7H,2,8H2,1H3,(H,16,17). The zero-order valence-corrected chi connectivity index (χ0v) is 9.92. The normalized spacial score (nSPS) is 10.5. The van der Waals surface area contributed by atoms with Crippen molar-refractivity contribution < 1.29 is 19.4 Å². The highest BCUT2D eigenvalue weighted by Crippen LogP contribution is 2.18. The molecule has 1 N–H and O–H groups in total. The molecule has 1 aromatic heterocycles. The summed E-state index contributed by atoms with van der Waals surface area (Å²) in [6.45, 7) is 2.16. The van der Waals surface area contributed by atoms with Crippen LogP contribution in [0.5, 0.6) is 0 Å². The fourth-order valence-electron chi connectivity index (χ4n) is 1.80. The van der Waals surface area contributed by atoms with Gasteiger partial charge in [-0.05, 0) is 30.5 Å². The van der Waals surface area contributed by atoms with Crippen LogP contribution in [-0.4, -0.2) is 28.2 Å². The maximum absolute atomic E-state index is 11.4. The monoisotopic (exact) mass is 247 g/mol. The van der Waals surface area contributed by atoms with Crippen LogP contribution in [0.3, 0.4) is 0 Å². The van der Waals surface area contributed by atoms with Crippen molar-refractivity contribution in [3.63, 3.8) is 0 Å². The van der Waals surface area contributed by atoms with E-state index in [9.17, 15) is 9.59 Å². The summed E-state index contributed by atoms with van der Waals surface area (Å²) in [5, 5.41) is 9.83. The number of aromatic nitrogens is 1. The highest BCUT2D eigenvalue weighted by atomic mass is 16.5. The minimum atomic E-state index is -0.985. The number of benzene rings is 1. The Balaban J connectivity index is 2.36. The molecule has 0 atom stereocenters. The van der Waals surface area contributed by atoms with E-state index >= 15 is 0 Å². The lowest BCUT2D eigenvalue weighted by molar-refractivity contribution is -0.143. The number of aromatic carboxylic acids is 1. The summed E-state index contributed by atoms with van der Waals surface area (Å²) in [6.07, 6.45) is 1.74. The second-order valence-electron chi connectivity index (χ2n) is 3.83. The number of carbonyl (C=O) groups excluding carboxylic acids is 1. The highest BCUT2D eigenvalue weighted by molar-refractivity contribution is 5.93. The van der Waals surface area contributed by atoms with E-state index in [2.05, 4.69) is 0 Å². The number of hydrogen-bond donors (Lipinski definition) is 1. The van der Waals surface area contributed by atoms with Crippen LogP contribution in [0, 0.1) is 0 Å². The van der Waals surface area contributed by atoms with Crippen molar-refractivity contribution >= 4 is 22.8 Å². The first-order valence-electron chi connectivity index (χ1n) is 5.59. The molecule has 5 heteroatoms. The van der Waals surface area contributed by atoms with E-state index in [1.807, 2.05) is 6.07 Å². The van der Waals surface area contributed by atoms with Crippen molar-refractivity contribution in [2.24, 2.45) is 0 Å². The molecule has 0 aliphatic rings. The van der Waals surface area contributed by atoms with Gasteiger partial charge in [0.2, 0.25) is 0 Å². The minimum Gasteiger partial charge on any atom is -0.478 e. The number of ether oxygens (including phenoxy) is 1. The SMILES string of the molecule is CCOC(=O)Cn1ccc2ccc(C(=O)O)cc21. The quantitative estimate of drug-likeness (QED) is 0.838. The number of carboxylic acids is 1. The third-order valence-corrected chi connectivity index (χ3v) is 2.63. The van der Waals surface area contributed by atoms with Gasteiger partial charge in [-0.2, -0.15) is 0 Å². The Morgan fingerprint density at radius 3 is 2.78 bits per heavy atom. The molecular formula is C13H13NO4. The van der Waals surface area contributed by atoms with Gasteiger partial charge in [0.05, 0.1) is 12.2 Å². The Hall–Kier alpha value is -2.30. The molecule has 2 rings (SSSR count). The summed E-state index contributed by atoms with van der Waals surface area (Å²) in [5.41, 5.74) is 0.911. The summed E-state index contributed by atoms with van der Waals surface area (Å²) in [6, 6.07) is 6.65. The molecule has 5 nitrogen and oxygen atoms in total. The smallest absolute Gasteiger partial charge is 0.335 e. The van der Waals surface area contributed by atoms with Crippen molar-refractivity contribution in [1.29, 1.82) is 0 Å². The first-order chi connectivity index (χ1) is 8.61. The van der Waals surface area contributed by atoms with E-state index in [1.54, 1.807) is 35.9 Å². The lowest BCUT2D eigenvalue weighted by Crippen LogP contribution is -2.12. The fraction of sp³-hybridized carbons (Fsp3) is 0.231. The molecule has 0 saturated heterocycles. The number of nitrogens with zero attached hydrogens (tertiary/aromatic N) is 1. The summed E-state index contributed by atoms with van der Waals surface area (Å²) < 4.78 is 6.55. The Morgan fingerprint density at radius 2 is 2.11 bits per heavy atom. The predicted molar refractivity (Wildman–Crippen MR) is 65.5 cm³/mol. The molecule has 0 radical (unpaired) electrons. The van der Waals surface area contributed by atoms with Crippen LogP contribution >= 0.6 is 0 Å². The largest absolute Gasteiger partial charge is 0.478 e. The average molecular weight is 247 g/mol. The Morgan fingerprint density at radius 1 is 1.33 bits per heavy atom. The van der Waals surface area contributed by atoms with Crippen molar-refractivity contribution in [3.8, 4) is 0 Å². The summed E-state index contributed by atoms with van der Waals surface area (Å²) in [4.78, 5) is 22.3. The van der Waals surface area contributed by atoms with Gasteiger partial charge < -0.3 is 14.4 Å². The number of carbonyl (C=O) groups is 2. The number of hydrogen-bond acceptors (Lipinski definition) is 3. The Bertz CT molecular complexity index is 600. The molecule has 0 unspecified atom stereocenters. The first kappa shape index (κ1) is 12.2. The van der Waals surface area contributed by atoms with E-state index in [4.69, 9.17) is 9.84 Å². The first-order valence-corrected chi connectivity index (χ1v) is 5.59. The average Bonchev–Trinajstić information content (AvgIpc) is 2.72. The Kier molecular flexibility index (Phi) is 3.32. The topological polar surface area (TPSA) is 68.5 Å². The van der Waals surface area contributed by atoms with Gasteiger partial charge in [-0.3, -0.25) is 4.79 Å². The molecule has 0 aliphatic heterocycles. The maximum atomic E-state index is 11.4. The molecule has 2 aromatic rings. The van der Waals surface area contributed by atoms with E-state index < -0.39 is 5.97 Å². The Labute approximate surface area is 104 Å². The second kappa shape index (κ2) is 4.91. The summed E-state index contributed by atoms with van der Waals surface area (Å²) >= 11 is 0. The van der Waals surface area contributed by atoms with Gasteiger partial charge in [-0.15, -0.1) is 0 Å². The molecule has 0 bridgehead atoms. The fourth-order valence-corrected chi connectivity index (χ4v) is 1.80. The van der Waals surface area contributed by atoms with Gasteiger partial charge in [0.15, 0.2) is 0 Å². The van der Waals surface area contributed by atoms with Gasteiger partial charge in [0.25, 0.3) is 0 Å². The number of rotatable bonds is 4. The van der Waals surface area contributed by atoms with Gasteiger partial charge in [-0.1, -0.05) is 6.07 Å². The van der Waals surface area contributed by atoms with Crippen LogP contribution in [0.15, 0.2) is 30.5 Å². The van der Waals surface area contributed by atoms with E-state index in [1.165, 1.54) is 0 Å². The van der Waals surface area contributed by atoms with Crippen molar-refractivity contribution in [3.05, 3.63) is 36.0 Å². The third-order valence-electron chi connectivity index (χ3n) is 2.63. The summed E-state index contributed by atoms with van der Waals surface area (Å²) in [5.74, 6) is -1.32. The van der Waals surface area contributed by atoms with E-state index in [0.717, 1.165) is 5.39 Å². The van der Waals surface area contributed by atoms with Gasteiger partial charge in [0, 0.05) is 11.7 Å². The van der Waals surface area contributed by atoms with Gasteiger partial charge >= 0.3 is 11.9 Å². The van der Waals surface area contributed by atoms with E-state index in [0.29, 0.717) is 12.1 Å². The van der Waals surface area contributed by atoms with Crippen LogP contribution in [0.4, 0.5) is 0 Å². The third kappa shape index (κ3) is 2.34. The number of fused-ring (bicyclic) bond motifs is 1. The second-order valence-corrected chi connectivity index (χ2v) is 3.83. The molecule has 18 heavy (non-hydrogen) atoms. The molecular weight excluding hydrogens is 234 g/mol. The zero-order valence-electron chi connectivity index (χ0n) is 9.92. The zero-order chi connectivity index (χ0) is 13.1. The van der Waals surface area contributed by atoms with Crippen molar-refractivity contribution in [2.45, 2.75) is 13.5 Å². The van der Waals surface area contributed by atoms with Crippen LogP contribution in [0.2, 0.25) is 0 Å². The predicted octanol–water partition coefficient (Wildman–Crippen LogP) is 1.90. The minimum absolute atomic E-state index is 0.0837. The van der Waals surface area contributed by atoms with Crippen LogP contribution < -0.4 is 0 Å². The van der Waals surface area contributed by atoms with Gasteiger partial charge in [-0.25, -0.2) is 4.79 Å². The molecule has 0 saturated carbocycles. The van der Waals surface area contributed by atoms with Crippen molar-refractivity contribution in [2.75, 3.05) is 6.61 Å².